The predicted octanol–water partition coefficient (Wildman–Crippen LogP) is 5.24. The molecule has 0 N–H and O–H groups in total. The summed E-state index contributed by atoms with van der Waals surface area (Å²) < 4.78 is 0. The molecule has 0 atom stereocenters. The maximum Gasteiger partial charge on any atom is -0.00257 e. The molecule has 1 fully saturated rings. The maximum atomic E-state index is 2.43. The van der Waals surface area contributed by atoms with E-state index >= 15 is 0 Å². The second-order valence-corrected chi connectivity index (χ2v) is 5.89. The Labute approximate surface area is 116 Å². The Morgan fingerprint density at radius 1 is 0.895 bits per heavy atom. The smallest absolute Gasteiger partial charge is 0.00257 e. The van der Waals surface area contributed by atoms with E-state index in [0.29, 0.717) is 0 Å². The Balaban J connectivity index is 1.77. The Hall–Kier alpha value is -1.56. The quantitative estimate of drug-likeness (QED) is 0.698. The summed E-state index contributed by atoms with van der Waals surface area (Å²) in [4.78, 5) is 0. The molecule has 0 aromatic heterocycles. The van der Waals surface area contributed by atoms with Gasteiger partial charge >= 0.3 is 0 Å². The highest BCUT2D eigenvalue weighted by Crippen LogP contribution is 2.34. The normalized spacial score (nSPS) is 15.8. The second kappa shape index (κ2) is 5.61. The molecule has 0 amide bonds. The number of benzene rings is 2. The van der Waals surface area contributed by atoms with Gasteiger partial charge in [-0.2, -0.15) is 0 Å². The molecule has 0 saturated heterocycles. The maximum absolute atomic E-state index is 2.43. The molecule has 0 spiro atoms. The van der Waals surface area contributed by atoms with Gasteiger partial charge in [0, 0.05) is 0 Å². The van der Waals surface area contributed by atoms with Crippen molar-refractivity contribution in [1.29, 1.82) is 0 Å². The van der Waals surface area contributed by atoms with Crippen molar-refractivity contribution < 1.29 is 0 Å². The van der Waals surface area contributed by atoms with Crippen molar-refractivity contribution in [3.05, 3.63) is 70.8 Å². The third-order valence-electron chi connectivity index (χ3n) is 4.31. The summed E-state index contributed by atoms with van der Waals surface area (Å²) >= 11 is 0. The largest absolute Gasteiger partial charge is 0.0617 e. The van der Waals surface area contributed by atoms with Crippen LogP contribution in [0.15, 0.2) is 48.5 Å². The topological polar surface area (TPSA) is 0 Å². The first-order valence-electron chi connectivity index (χ1n) is 7.46. The van der Waals surface area contributed by atoms with Crippen LogP contribution < -0.4 is 0 Å². The van der Waals surface area contributed by atoms with Crippen LogP contribution in [0.5, 0.6) is 0 Å². The molecule has 1 aliphatic rings. The highest BCUT2D eigenvalue weighted by atomic mass is 14.2. The molecule has 19 heavy (non-hydrogen) atoms. The van der Waals surface area contributed by atoms with Crippen molar-refractivity contribution >= 4 is 0 Å². The number of hydrogen-bond acceptors (Lipinski definition) is 0. The van der Waals surface area contributed by atoms with Crippen molar-refractivity contribution in [2.45, 2.75) is 44.9 Å². The van der Waals surface area contributed by atoms with Crippen LogP contribution in [0.1, 0.15) is 53.9 Å². The SMILES string of the molecule is Cc1ccc(Cc2cccc(C3CCCC3)c2)cc1. The van der Waals surface area contributed by atoms with E-state index in [1.807, 2.05) is 0 Å². The first-order valence-corrected chi connectivity index (χ1v) is 7.46. The van der Waals surface area contributed by atoms with E-state index in [0.717, 1.165) is 12.3 Å². The average molecular weight is 250 g/mol. The predicted molar refractivity (Wildman–Crippen MR) is 81.6 cm³/mol. The lowest BCUT2D eigenvalue weighted by atomic mass is 9.94. The van der Waals surface area contributed by atoms with Gasteiger partial charge < -0.3 is 0 Å². The highest BCUT2D eigenvalue weighted by molar-refractivity contribution is 5.32. The molecule has 0 unspecified atom stereocenters. The molecular weight excluding hydrogens is 228 g/mol. The highest BCUT2D eigenvalue weighted by Gasteiger charge is 2.16. The first kappa shape index (κ1) is 12.5. The third kappa shape index (κ3) is 3.07. The van der Waals surface area contributed by atoms with Gasteiger partial charge in [-0.1, -0.05) is 66.9 Å². The minimum absolute atomic E-state index is 0.818. The summed E-state index contributed by atoms with van der Waals surface area (Å²) in [6.45, 7) is 2.14. The minimum atomic E-state index is 0.818. The molecule has 0 heteroatoms. The van der Waals surface area contributed by atoms with Gasteiger partial charge in [0.1, 0.15) is 0 Å². The zero-order chi connectivity index (χ0) is 13.1. The summed E-state index contributed by atoms with van der Waals surface area (Å²) in [5.41, 5.74) is 5.76. The molecule has 0 bridgehead atoms. The molecule has 0 radical (unpaired) electrons. The lowest BCUT2D eigenvalue weighted by Crippen LogP contribution is -1.95. The van der Waals surface area contributed by atoms with Crippen LogP contribution in [-0.2, 0) is 6.42 Å². The van der Waals surface area contributed by atoms with Crippen LogP contribution in [0.2, 0.25) is 0 Å². The summed E-state index contributed by atoms with van der Waals surface area (Å²) in [7, 11) is 0. The van der Waals surface area contributed by atoms with Gasteiger partial charge in [0.05, 0.1) is 0 Å². The zero-order valence-corrected chi connectivity index (χ0v) is 11.7. The van der Waals surface area contributed by atoms with E-state index in [2.05, 4.69) is 55.5 Å². The molecule has 2 aromatic rings. The molecule has 98 valence electrons. The van der Waals surface area contributed by atoms with Crippen LogP contribution in [0.4, 0.5) is 0 Å². The molecule has 0 aliphatic heterocycles. The van der Waals surface area contributed by atoms with E-state index in [-0.39, 0.29) is 0 Å². The van der Waals surface area contributed by atoms with Gasteiger partial charge in [-0.3, -0.25) is 0 Å². The monoisotopic (exact) mass is 250 g/mol. The summed E-state index contributed by atoms with van der Waals surface area (Å²) in [6, 6.07) is 18.1. The molecule has 1 saturated carbocycles. The molecule has 0 heterocycles. The summed E-state index contributed by atoms with van der Waals surface area (Å²) in [5.74, 6) is 0.818. The van der Waals surface area contributed by atoms with Crippen molar-refractivity contribution in [1.82, 2.24) is 0 Å². The van der Waals surface area contributed by atoms with E-state index in [1.54, 1.807) is 5.56 Å². The van der Waals surface area contributed by atoms with Crippen LogP contribution in [0.3, 0.4) is 0 Å². The molecule has 1 aliphatic carbocycles. The van der Waals surface area contributed by atoms with Gasteiger partial charge in [0.15, 0.2) is 0 Å². The fourth-order valence-electron chi connectivity index (χ4n) is 3.16. The molecule has 3 rings (SSSR count). The fourth-order valence-corrected chi connectivity index (χ4v) is 3.16. The van der Waals surface area contributed by atoms with Gasteiger partial charge in [-0.15, -0.1) is 0 Å². The van der Waals surface area contributed by atoms with Crippen molar-refractivity contribution in [3.8, 4) is 0 Å². The van der Waals surface area contributed by atoms with Gasteiger partial charge in [0.2, 0.25) is 0 Å². The van der Waals surface area contributed by atoms with Crippen LogP contribution >= 0.6 is 0 Å². The van der Waals surface area contributed by atoms with E-state index in [9.17, 15) is 0 Å². The van der Waals surface area contributed by atoms with Crippen molar-refractivity contribution in [2.75, 3.05) is 0 Å². The fraction of sp³-hybridized carbons (Fsp3) is 0.368. The average Bonchev–Trinajstić information content (AvgIpc) is 2.96. The Morgan fingerprint density at radius 2 is 1.63 bits per heavy atom. The lowest BCUT2D eigenvalue weighted by Gasteiger charge is -2.11. The summed E-state index contributed by atoms with van der Waals surface area (Å²) in [5, 5.41) is 0. The standard InChI is InChI=1S/C19H22/c1-15-9-11-16(12-10-15)13-17-5-4-8-19(14-17)18-6-2-3-7-18/h4-5,8-12,14,18H,2-3,6-7,13H2,1H3. The number of hydrogen-bond donors (Lipinski definition) is 0. The van der Waals surface area contributed by atoms with Gasteiger partial charge in [-0.25, -0.2) is 0 Å². The summed E-state index contributed by atoms with van der Waals surface area (Å²) in [6.07, 6.45) is 6.64. The van der Waals surface area contributed by atoms with Crippen molar-refractivity contribution in [3.63, 3.8) is 0 Å². The van der Waals surface area contributed by atoms with Crippen LogP contribution in [0.25, 0.3) is 0 Å². The molecular formula is C19H22. The molecule has 2 aromatic carbocycles. The van der Waals surface area contributed by atoms with E-state index < -0.39 is 0 Å². The molecule has 0 nitrogen and oxygen atoms in total. The minimum Gasteiger partial charge on any atom is -0.0617 e. The second-order valence-electron chi connectivity index (χ2n) is 5.89. The van der Waals surface area contributed by atoms with Crippen molar-refractivity contribution in [2.24, 2.45) is 0 Å². The van der Waals surface area contributed by atoms with Gasteiger partial charge in [0.25, 0.3) is 0 Å². The Kier molecular flexibility index (Phi) is 3.68. The third-order valence-corrected chi connectivity index (χ3v) is 4.31. The number of aryl methyl sites for hydroxylation is 1. The number of rotatable bonds is 3. The van der Waals surface area contributed by atoms with E-state index in [1.165, 1.54) is 42.4 Å². The van der Waals surface area contributed by atoms with Crippen LogP contribution in [0, 0.1) is 6.92 Å². The first-order chi connectivity index (χ1) is 9.31. The zero-order valence-electron chi connectivity index (χ0n) is 11.7. The lowest BCUT2D eigenvalue weighted by molar-refractivity contribution is 0.722. The van der Waals surface area contributed by atoms with Gasteiger partial charge in [-0.05, 0) is 48.8 Å². The van der Waals surface area contributed by atoms with Crippen LogP contribution in [-0.4, -0.2) is 0 Å². The Bertz CT molecular complexity index is 530. The Morgan fingerprint density at radius 3 is 2.37 bits per heavy atom. The van der Waals surface area contributed by atoms with E-state index in [4.69, 9.17) is 0 Å².